The molecule has 1 saturated carbocycles. The van der Waals surface area contributed by atoms with Crippen LogP contribution in [-0.2, 0) is 11.2 Å². The summed E-state index contributed by atoms with van der Waals surface area (Å²) >= 11 is 3.50. The number of carbonyl (C=O) groups is 1. The van der Waals surface area contributed by atoms with Gasteiger partial charge in [-0.25, -0.2) is 19.0 Å². The Labute approximate surface area is 192 Å². The Morgan fingerprint density at radius 1 is 1.28 bits per heavy atom. The summed E-state index contributed by atoms with van der Waals surface area (Å²) < 4.78 is 16.4. The zero-order valence-electron chi connectivity index (χ0n) is 17.8. The zero-order valence-corrected chi connectivity index (χ0v) is 19.4. The molecule has 7 nitrogen and oxygen atoms in total. The molecule has 1 aliphatic carbocycles. The fourth-order valence-corrected chi connectivity index (χ4v) is 4.95. The van der Waals surface area contributed by atoms with Crippen LogP contribution in [-0.4, -0.2) is 37.7 Å². The van der Waals surface area contributed by atoms with Gasteiger partial charge in [-0.2, -0.15) is 5.10 Å². The molecule has 0 unspecified atom stereocenters. The topological polar surface area (TPSA) is 85.6 Å². The van der Waals surface area contributed by atoms with Crippen LogP contribution in [0.5, 0.6) is 0 Å². The van der Waals surface area contributed by atoms with Gasteiger partial charge in [0.15, 0.2) is 5.65 Å². The number of nitrogens with zero attached hydrogens (tertiary/aromatic N) is 5. The summed E-state index contributed by atoms with van der Waals surface area (Å²) in [5.74, 6) is 0.967. The quantitative estimate of drug-likeness (QED) is 0.455. The van der Waals surface area contributed by atoms with Crippen molar-refractivity contribution in [2.45, 2.75) is 32.6 Å². The van der Waals surface area contributed by atoms with Crippen molar-refractivity contribution in [1.82, 2.24) is 30.0 Å². The maximum absolute atomic E-state index is 14.0. The number of halogens is 2. The number of nitrogens with one attached hydrogen (secondary N) is 1. The van der Waals surface area contributed by atoms with E-state index < -0.39 is 0 Å². The second-order valence-corrected chi connectivity index (χ2v) is 9.10. The first-order chi connectivity index (χ1) is 15.4. The summed E-state index contributed by atoms with van der Waals surface area (Å²) in [5.41, 5.74) is 2.55. The summed E-state index contributed by atoms with van der Waals surface area (Å²) in [4.78, 5) is 25.6. The number of hydrogen-bond donors (Lipinski definition) is 1. The molecule has 0 aliphatic heterocycles. The molecule has 9 heteroatoms. The van der Waals surface area contributed by atoms with Gasteiger partial charge >= 0.3 is 0 Å². The highest BCUT2D eigenvalue weighted by Crippen LogP contribution is 2.33. The minimum absolute atomic E-state index is 0.0728. The molecule has 4 aromatic rings. The molecule has 1 N–H and O–H groups in total. The first-order valence-electron chi connectivity index (χ1n) is 10.6. The Morgan fingerprint density at radius 3 is 2.94 bits per heavy atom. The lowest BCUT2D eigenvalue weighted by Crippen LogP contribution is -2.25. The third-order valence-electron chi connectivity index (χ3n) is 6.23. The fourth-order valence-electron chi connectivity index (χ4n) is 4.51. The van der Waals surface area contributed by atoms with E-state index in [2.05, 4.69) is 36.3 Å². The number of aryl methyl sites for hydroxylation is 1. The standard InChI is InChI=1S/C23H22BrFN6O/c1-12-18(25)10-15-9-16(5-6-19(15)28-12)31-22-17(21(24)30-31)11-27-20(29-22)8-13-3-4-14(7-13)23(32)26-2/h5-6,9-11,13-14H,3-4,7-8H2,1-2H3,(H,26,32)/t13-,14-/m1/s1. The number of rotatable bonds is 4. The molecule has 0 spiro atoms. The first kappa shape index (κ1) is 20.9. The summed E-state index contributed by atoms with van der Waals surface area (Å²) in [6.45, 7) is 1.65. The molecule has 1 amide bonds. The van der Waals surface area contributed by atoms with Gasteiger partial charge in [0.05, 0.1) is 22.3 Å². The van der Waals surface area contributed by atoms with E-state index in [1.807, 2.05) is 18.2 Å². The Morgan fingerprint density at radius 2 is 2.12 bits per heavy atom. The van der Waals surface area contributed by atoms with E-state index in [9.17, 15) is 9.18 Å². The second-order valence-electron chi connectivity index (χ2n) is 8.35. The molecule has 3 aromatic heterocycles. The van der Waals surface area contributed by atoms with Gasteiger partial charge in [0.2, 0.25) is 5.91 Å². The Bertz CT molecular complexity index is 1350. The Balaban J connectivity index is 1.49. The zero-order chi connectivity index (χ0) is 22.4. The van der Waals surface area contributed by atoms with E-state index in [0.717, 1.165) is 48.1 Å². The van der Waals surface area contributed by atoms with Crippen LogP contribution in [0.25, 0.3) is 27.6 Å². The lowest BCUT2D eigenvalue weighted by atomic mass is 10.0. The number of hydrogen-bond acceptors (Lipinski definition) is 5. The Hall–Kier alpha value is -2.94. The van der Waals surface area contributed by atoms with E-state index in [1.54, 1.807) is 24.9 Å². The minimum Gasteiger partial charge on any atom is -0.359 e. The summed E-state index contributed by atoms with van der Waals surface area (Å²) in [7, 11) is 1.68. The van der Waals surface area contributed by atoms with Gasteiger partial charge in [-0.1, -0.05) is 0 Å². The highest BCUT2D eigenvalue weighted by atomic mass is 79.9. The summed E-state index contributed by atoms with van der Waals surface area (Å²) in [6, 6.07) is 7.11. The number of benzene rings is 1. The predicted molar refractivity (Wildman–Crippen MR) is 123 cm³/mol. The van der Waals surface area contributed by atoms with Gasteiger partial charge < -0.3 is 5.32 Å². The van der Waals surface area contributed by atoms with Crippen molar-refractivity contribution < 1.29 is 9.18 Å². The van der Waals surface area contributed by atoms with Crippen LogP contribution >= 0.6 is 15.9 Å². The van der Waals surface area contributed by atoms with E-state index in [4.69, 9.17) is 4.98 Å². The third kappa shape index (κ3) is 3.74. The monoisotopic (exact) mass is 496 g/mol. The molecular formula is C23H22BrFN6O. The van der Waals surface area contributed by atoms with E-state index in [0.29, 0.717) is 27.2 Å². The third-order valence-corrected chi connectivity index (χ3v) is 6.82. The van der Waals surface area contributed by atoms with Crippen molar-refractivity contribution in [2.24, 2.45) is 11.8 Å². The van der Waals surface area contributed by atoms with Crippen molar-refractivity contribution in [3.05, 3.63) is 52.4 Å². The van der Waals surface area contributed by atoms with Crippen molar-refractivity contribution in [3.63, 3.8) is 0 Å². The highest BCUT2D eigenvalue weighted by Gasteiger charge is 2.30. The molecule has 1 fully saturated rings. The molecule has 32 heavy (non-hydrogen) atoms. The van der Waals surface area contributed by atoms with Crippen LogP contribution in [0, 0.1) is 24.6 Å². The van der Waals surface area contributed by atoms with E-state index >= 15 is 0 Å². The second kappa shape index (κ2) is 8.20. The first-order valence-corrected chi connectivity index (χ1v) is 11.4. The molecule has 1 aliphatic rings. The maximum Gasteiger partial charge on any atom is 0.222 e. The van der Waals surface area contributed by atoms with Gasteiger partial charge in [0, 0.05) is 31.0 Å². The number of fused-ring (bicyclic) bond motifs is 2. The lowest BCUT2D eigenvalue weighted by molar-refractivity contribution is -0.124. The largest absolute Gasteiger partial charge is 0.359 e. The normalized spacial score (nSPS) is 18.5. The number of pyridine rings is 1. The fraction of sp³-hybridized carbons (Fsp3) is 0.348. The van der Waals surface area contributed by atoms with Gasteiger partial charge in [-0.3, -0.25) is 9.78 Å². The smallest absolute Gasteiger partial charge is 0.222 e. The van der Waals surface area contributed by atoms with Gasteiger partial charge in [-0.05, 0) is 72.3 Å². The van der Waals surface area contributed by atoms with Crippen LogP contribution in [0.1, 0.15) is 30.8 Å². The molecule has 2 atom stereocenters. The molecule has 5 rings (SSSR count). The molecule has 0 bridgehead atoms. The van der Waals surface area contributed by atoms with Crippen molar-refractivity contribution in [1.29, 1.82) is 0 Å². The van der Waals surface area contributed by atoms with Crippen molar-refractivity contribution in [3.8, 4) is 5.69 Å². The molecule has 0 saturated heterocycles. The average molecular weight is 497 g/mol. The SMILES string of the molecule is CNC(=O)[C@@H]1CC[C@@H](Cc2ncc3c(Br)nn(-c4ccc5nc(C)c(F)cc5c4)c3n2)C1. The molecule has 3 heterocycles. The van der Waals surface area contributed by atoms with Crippen LogP contribution in [0.3, 0.4) is 0 Å². The van der Waals surface area contributed by atoms with Crippen LogP contribution < -0.4 is 5.32 Å². The number of carbonyl (C=O) groups excluding carboxylic acids is 1. The van der Waals surface area contributed by atoms with Crippen LogP contribution in [0.2, 0.25) is 0 Å². The lowest BCUT2D eigenvalue weighted by Gasteiger charge is -2.10. The molecule has 164 valence electrons. The van der Waals surface area contributed by atoms with Crippen molar-refractivity contribution >= 4 is 43.8 Å². The Kier molecular flexibility index (Phi) is 5.36. The molecule has 0 radical (unpaired) electrons. The van der Waals surface area contributed by atoms with Gasteiger partial charge in [0.1, 0.15) is 16.2 Å². The average Bonchev–Trinajstić information content (AvgIpc) is 3.38. The summed E-state index contributed by atoms with van der Waals surface area (Å²) in [5, 5.41) is 8.84. The van der Waals surface area contributed by atoms with E-state index in [1.165, 1.54) is 6.07 Å². The number of amides is 1. The minimum atomic E-state index is -0.336. The number of aromatic nitrogens is 5. The maximum atomic E-state index is 14.0. The van der Waals surface area contributed by atoms with E-state index in [-0.39, 0.29) is 17.6 Å². The van der Waals surface area contributed by atoms with Gasteiger partial charge in [-0.15, -0.1) is 0 Å². The van der Waals surface area contributed by atoms with Crippen LogP contribution in [0.15, 0.2) is 35.1 Å². The van der Waals surface area contributed by atoms with Crippen LogP contribution in [0.4, 0.5) is 4.39 Å². The van der Waals surface area contributed by atoms with Gasteiger partial charge in [0.25, 0.3) is 0 Å². The highest BCUT2D eigenvalue weighted by molar-refractivity contribution is 9.10. The predicted octanol–water partition coefficient (Wildman–Crippen LogP) is 4.28. The summed E-state index contributed by atoms with van der Waals surface area (Å²) in [6.07, 6.45) is 5.25. The molecule has 1 aromatic carbocycles. The van der Waals surface area contributed by atoms with Crippen molar-refractivity contribution in [2.75, 3.05) is 7.05 Å². The molecular weight excluding hydrogens is 475 g/mol.